The number of carbonyl (C=O) groups excluding carboxylic acids is 1. The third-order valence-electron chi connectivity index (χ3n) is 2.46. The molecule has 0 radical (unpaired) electrons. The van der Waals surface area contributed by atoms with Gasteiger partial charge in [0.15, 0.2) is 6.10 Å². The van der Waals surface area contributed by atoms with Crippen molar-refractivity contribution in [3.8, 4) is 5.75 Å². The van der Waals surface area contributed by atoms with Crippen molar-refractivity contribution in [3.05, 3.63) is 41.2 Å². The smallest absolute Gasteiger partial charge is 0.261 e. The number of nitrogens with zero attached hydrogens (tertiary/aromatic N) is 2. The molecule has 20 heavy (non-hydrogen) atoms. The molecule has 2 rings (SSSR count). The van der Waals surface area contributed by atoms with Crippen molar-refractivity contribution < 1.29 is 13.9 Å². The number of aromatic nitrogens is 3. The minimum absolute atomic E-state index is 0.111. The lowest BCUT2D eigenvalue weighted by Crippen LogP contribution is -2.36. The fourth-order valence-corrected chi connectivity index (χ4v) is 1.66. The van der Waals surface area contributed by atoms with Gasteiger partial charge in [0, 0.05) is 0 Å². The van der Waals surface area contributed by atoms with Gasteiger partial charge in [-0.15, -0.1) is 0 Å². The quantitative estimate of drug-likeness (QED) is 0.880. The van der Waals surface area contributed by atoms with Crippen LogP contribution in [0.2, 0.25) is 5.02 Å². The molecule has 0 saturated carbocycles. The summed E-state index contributed by atoms with van der Waals surface area (Å²) in [6.07, 6.45) is 0.570. The number of H-pyrrole nitrogens is 1. The molecular weight excluding hydrogens is 287 g/mol. The number of nitrogens with one attached hydrogen (secondary N) is 2. The highest BCUT2D eigenvalue weighted by Crippen LogP contribution is 2.25. The third kappa shape index (κ3) is 3.67. The van der Waals surface area contributed by atoms with Crippen LogP contribution in [0.1, 0.15) is 12.7 Å². The van der Waals surface area contributed by atoms with E-state index in [1.165, 1.54) is 18.5 Å². The van der Waals surface area contributed by atoms with Gasteiger partial charge in [-0.3, -0.25) is 9.89 Å². The largest absolute Gasteiger partial charge is 0.479 e. The first-order valence-electron chi connectivity index (χ1n) is 5.80. The Hall–Kier alpha value is -2.15. The number of benzene rings is 1. The topological polar surface area (TPSA) is 79.9 Å². The maximum atomic E-state index is 12.9. The molecule has 0 fully saturated rings. The summed E-state index contributed by atoms with van der Waals surface area (Å²) in [5.74, 6) is -0.0349. The van der Waals surface area contributed by atoms with Crippen LogP contribution in [0.4, 0.5) is 4.39 Å². The second-order valence-corrected chi connectivity index (χ2v) is 4.39. The zero-order chi connectivity index (χ0) is 14.5. The standard InChI is InChI=1S/C12H12ClFN4O2/c1-7(12(19)15-5-11-16-6-17-18-11)20-10-3-2-8(14)4-9(10)13/h2-4,6-7H,5H2,1H3,(H,15,19)(H,16,17,18). The second kappa shape index (κ2) is 6.33. The summed E-state index contributed by atoms with van der Waals surface area (Å²) in [6.45, 7) is 1.78. The first-order valence-corrected chi connectivity index (χ1v) is 6.17. The van der Waals surface area contributed by atoms with Crippen molar-refractivity contribution in [3.63, 3.8) is 0 Å². The van der Waals surface area contributed by atoms with E-state index >= 15 is 0 Å². The molecule has 0 bridgehead atoms. The Morgan fingerprint density at radius 3 is 3.05 bits per heavy atom. The van der Waals surface area contributed by atoms with Crippen molar-refractivity contribution in [1.82, 2.24) is 20.5 Å². The number of carbonyl (C=O) groups is 1. The van der Waals surface area contributed by atoms with Crippen LogP contribution < -0.4 is 10.1 Å². The minimum Gasteiger partial charge on any atom is -0.479 e. The summed E-state index contributed by atoms with van der Waals surface area (Å²) in [5, 5.41) is 9.01. The average Bonchev–Trinajstić information content (AvgIpc) is 2.92. The van der Waals surface area contributed by atoms with Crippen LogP contribution in [0.15, 0.2) is 24.5 Å². The molecule has 106 valence electrons. The van der Waals surface area contributed by atoms with E-state index in [9.17, 15) is 9.18 Å². The van der Waals surface area contributed by atoms with Crippen molar-refractivity contribution in [2.75, 3.05) is 0 Å². The number of ether oxygens (including phenoxy) is 1. The molecule has 0 aliphatic carbocycles. The van der Waals surface area contributed by atoms with Crippen molar-refractivity contribution in [2.45, 2.75) is 19.6 Å². The predicted octanol–water partition coefficient (Wildman–Crippen LogP) is 1.68. The molecule has 1 unspecified atom stereocenters. The Morgan fingerprint density at radius 2 is 2.40 bits per heavy atom. The number of aromatic amines is 1. The molecule has 0 spiro atoms. The van der Waals surface area contributed by atoms with E-state index < -0.39 is 11.9 Å². The van der Waals surface area contributed by atoms with Crippen molar-refractivity contribution >= 4 is 17.5 Å². The normalized spacial score (nSPS) is 11.9. The van der Waals surface area contributed by atoms with E-state index in [0.717, 1.165) is 6.07 Å². The van der Waals surface area contributed by atoms with Crippen LogP contribution in [0, 0.1) is 5.82 Å². The molecule has 0 aliphatic heterocycles. The fourth-order valence-electron chi connectivity index (χ4n) is 1.45. The highest BCUT2D eigenvalue weighted by Gasteiger charge is 2.16. The monoisotopic (exact) mass is 298 g/mol. The summed E-state index contributed by atoms with van der Waals surface area (Å²) in [4.78, 5) is 15.7. The van der Waals surface area contributed by atoms with E-state index in [0.29, 0.717) is 5.82 Å². The van der Waals surface area contributed by atoms with Gasteiger partial charge in [0.1, 0.15) is 23.7 Å². The Balaban J connectivity index is 1.90. The summed E-state index contributed by atoms with van der Waals surface area (Å²) >= 11 is 5.82. The number of amides is 1. The van der Waals surface area contributed by atoms with E-state index in [-0.39, 0.29) is 23.2 Å². The lowest BCUT2D eigenvalue weighted by molar-refractivity contribution is -0.127. The summed E-state index contributed by atoms with van der Waals surface area (Å²) in [5.41, 5.74) is 0. The first-order chi connectivity index (χ1) is 9.56. The molecule has 1 heterocycles. The third-order valence-corrected chi connectivity index (χ3v) is 2.76. The van der Waals surface area contributed by atoms with Crippen LogP contribution in [0.5, 0.6) is 5.75 Å². The van der Waals surface area contributed by atoms with Gasteiger partial charge in [-0.2, -0.15) is 5.10 Å². The Morgan fingerprint density at radius 1 is 1.60 bits per heavy atom. The Labute approximate surface area is 119 Å². The summed E-state index contributed by atoms with van der Waals surface area (Å²) in [7, 11) is 0. The number of halogens is 2. The average molecular weight is 299 g/mol. The fraction of sp³-hybridized carbons (Fsp3) is 0.250. The summed E-state index contributed by atoms with van der Waals surface area (Å²) in [6, 6.07) is 3.70. The molecule has 8 heteroatoms. The SMILES string of the molecule is CC(Oc1ccc(F)cc1Cl)C(=O)NCc1ncn[nH]1. The van der Waals surface area contributed by atoms with E-state index in [1.54, 1.807) is 6.92 Å². The maximum Gasteiger partial charge on any atom is 0.261 e. The van der Waals surface area contributed by atoms with Crippen molar-refractivity contribution in [1.29, 1.82) is 0 Å². The number of hydrogen-bond donors (Lipinski definition) is 2. The molecule has 2 aromatic rings. The van der Waals surface area contributed by atoms with Gasteiger partial charge >= 0.3 is 0 Å². The molecule has 2 N–H and O–H groups in total. The Bertz CT molecular complexity index is 591. The molecule has 1 atom stereocenters. The van der Waals surface area contributed by atoms with E-state index in [4.69, 9.17) is 16.3 Å². The highest BCUT2D eigenvalue weighted by molar-refractivity contribution is 6.32. The Kier molecular flexibility index (Phi) is 4.52. The van der Waals surface area contributed by atoms with Gasteiger partial charge in [-0.1, -0.05) is 11.6 Å². The van der Waals surface area contributed by atoms with Gasteiger partial charge in [0.25, 0.3) is 5.91 Å². The van der Waals surface area contributed by atoms with Gasteiger partial charge in [-0.25, -0.2) is 9.37 Å². The minimum atomic E-state index is -0.777. The summed E-state index contributed by atoms with van der Waals surface area (Å²) < 4.78 is 18.3. The van der Waals surface area contributed by atoms with Crippen LogP contribution in [-0.2, 0) is 11.3 Å². The van der Waals surface area contributed by atoms with Gasteiger partial charge in [0.05, 0.1) is 11.6 Å². The van der Waals surface area contributed by atoms with Crippen LogP contribution >= 0.6 is 11.6 Å². The first kappa shape index (κ1) is 14.3. The van der Waals surface area contributed by atoms with Crippen LogP contribution in [0.3, 0.4) is 0 Å². The molecule has 0 aliphatic rings. The highest BCUT2D eigenvalue weighted by atomic mass is 35.5. The van der Waals surface area contributed by atoms with E-state index in [1.807, 2.05) is 0 Å². The van der Waals surface area contributed by atoms with Gasteiger partial charge in [0.2, 0.25) is 0 Å². The molecule has 1 aromatic carbocycles. The maximum absolute atomic E-state index is 12.9. The zero-order valence-electron chi connectivity index (χ0n) is 10.6. The molecular formula is C12H12ClFN4O2. The number of hydrogen-bond acceptors (Lipinski definition) is 4. The van der Waals surface area contributed by atoms with Crippen LogP contribution in [0.25, 0.3) is 0 Å². The lowest BCUT2D eigenvalue weighted by Gasteiger charge is -2.15. The molecule has 6 nitrogen and oxygen atoms in total. The van der Waals surface area contributed by atoms with Gasteiger partial charge < -0.3 is 10.1 Å². The van der Waals surface area contributed by atoms with Crippen molar-refractivity contribution in [2.24, 2.45) is 0 Å². The van der Waals surface area contributed by atoms with Crippen LogP contribution in [-0.4, -0.2) is 27.2 Å². The second-order valence-electron chi connectivity index (χ2n) is 3.98. The molecule has 1 aromatic heterocycles. The predicted molar refractivity (Wildman–Crippen MR) is 69.7 cm³/mol. The van der Waals surface area contributed by atoms with Gasteiger partial charge in [-0.05, 0) is 25.1 Å². The lowest BCUT2D eigenvalue weighted by atomic mass is 10.3. The molecule has 0 saturated heterocycles. The number of rotatable bonds is 5. The zero-order valence-corrected chi connectivity index (χ0v) is 11.3. The molecule has 1 amide bonds. The van der Waals surface area contributed by atoms with E-state index in [2.05, 4.69) is 20.5 Å².